The van der Waals surface area contributed by atoms with Crippen molar-refractivity contribution in [3.63, 3.8) is 0 Å². The van der Waals surface area contributed by atoms with E-state index in [0.29, 0.717) is 0 Å². The van der Waals surface area contributed by atoms with Crippen LogP contribution in [0.4, 0.5) is 13.2 Å². The molecule has 0 bridgehead atoms. The normalized spacial score (nSPS) is 17.5. The van der Waals surface area contributed by atoms with Gasteiger partial charge in [0.05, 0.1) is 0 Å². The summed E-state index contributed by atoms with van der Waals surface area (Å²) < 4.78 is 38.3. The molecule has 0 spiro atoms. The fourth-order valence-corrected chi connectivity index (χ4v) is 3.37. The number of hydrogen-bond donors (Lipinski definition) is 1. The molecule has 24 heavy (non-hydrogen) atoms. The summed E-state index contributed by atoms with van der Waals surface area (Å²) in [6.07, 6.45) is -4.75. The van der Waals surface area contributed by atoms with E-state index >= 15 is 0 Å². The Balaban J connectivity index is 0.00000208. The van der Waals surface area contributed by atoms with Gasteiger partial charge in [-0.05, 0) is 22.8 Å². The van der Waals surface area contributed by atoms with Crippen LogP contribution in [0.5, 0.6) is 0 Å². The van der Waals surface area contributed by atoms with Gasteiger partial charge in [-0.2, -0.15) is 13.2 Å². The Morgan fingerprint density at radius 3 is 2.38 bits per heavy atom. The average molecular weight is 359 g/mol. The van der Waals surface area contributed by atoms with Gasteiger partial charge in [-0.1, -0.05) is 42.5 Å². The summed E-state index contributed by atoms with van der Waals surface area (Å²) in [5.74, 6) is 0. The third-order valence-corrected chi connectivity index (χ3v) is 4.48. The quantitative estimate of drug-likeness (QED) is 0.862. The molecule has 2 nitrogen and oxygen atoms in total. The van der Waals surface area contributed by atoms with Crippen LogP contribution in [0.1, 0.15) is 24.4 Å². The van der Waals surface area contributed by atoms with Gasteiger partial charge >= 0.3 is 6.18 Å². The predicted octanol–water partition coefficient (Wildman–Crippen LogP) is 4.55. The Morgan fingerprint density at radius 1 is 1.00 bits per heavy atom. The average Bonchev–Trinajstić information content (AvgIpc) is 2.55. The summed E-state index contributed by atoms with van der Waals surface area (Å²) in [4.78, 5) is 2.18. The van der Waals surface area contributed by atoms with Gasteiger partial charge in [0.2, 0.25) is 0 Å². The Kier molecular flexibility index (Phi) is 6.49. The first-order valence-electron chi connectivity index (χ1n) is 8.04. The lowest BCUT2D eigenvalue weighted by atomic mass is 9.94. The molecule has 6 heteroatoms. The topological polar surface area (TPSA) is 15.3 Å². The maximum absolute atomic E-state index is 12.8. The van der Waals surface area contributed by atoms with Crippen molar-refractivity contribution in [2.75, 3.05) is 26.2 Å². The Morgan fingerprint density at radius 2 is 1.67 bits per heavy atom. The highest BCUT2D eigenvalue weighted by Crippen LogP contribution is 2.35. The largest absolute Gasteiger partial charge is 0.389 e. The van der Waals surface area contributed by atoms with Crippen molar-refractivity contribution in [2.24, 2.45) is 0 Å². The van der Waals surface area contributed by atoms with E-state index in [1.54, 1.807) is 0 Å². The molecule has 1 saturated heterocycles. The van der Waals surface area contributed by atoms with Crippen LogP contribution in [0.25, 0.3) is 10.8 Å². The lowest BCUT2D eigenvalue weighted by Gasteiger charge is -2.36. The Labute approximate surface area is 146 Å². The molecule has 2 aromatic rings. The smallest absolute Gasteiger partial charge is 0.314 e. The summed E-state index contributed by atoms with van der Waals surface area (Å²) >= 11 is 0. The van der Waals surface area contributed by atoms with Gasteiger partial charge in [0.15, 0.2) is 0 Å². The summed E-state index contributed by atoms with van der Waals surface area (Å²) in [5, 5.41) is 5.40. The van der Waals surface area contributed by atoms with E-state index < -0.39 is 12.6 Å². The second-order valence-corrected chi connectivity index (χ2v) is 6.02. The van der Waals surface area contributed by atoms with Crippen molar-refractivity contribution in [2.45, 2.75) is 25.1 Å². The van der Waals surface area contributed by atoms with Gasteiger partial charge in [-0.25, -0.2) is 0 Å². The van der Waals surface area contributed by atoms with Gasteiger partial charge in [-0.15, -0.1) is 12.4 Å². The van der Waals surface area contributed by atoms with E-state index in [0.717, 1.165) is 42.5 Å². The molecule has 1 heterocycles. The standard InChI is InChI=1S/C18H21F3N2.ClH/c19-18(20,21)9-8-17(23-12-10-22-11-13-23)16-7-3-5-14-4-1-2-6-15(14)16;/h1-7,17,22H,8-13H2;1H/t17-;/m1./s1. The molecule has 1 aliphatic heterocycles. The highest BCUT2D eigenvalue weighted by molar-refractivity contribution is 5.86. The monoisotopic (exact) mass is 358 g/mol. The molecule has 0 radical (unpaired) electrons. The van der Waals surface area contributed by atoms with E-state index in [1.165, 1.54) is 0 Å². The molecular formula is C18H22ClF3N2. The summed E-state index contributed by atoms with van der Waals surface area (Å²) in [6.45, 7) is 3.22. The number of rotatable bonds is 4. The first-order chi connectivity index (χ1) is 11.0. The summed E-state index contributed by atoms with van der Waals surface area (Å²) in [6, 6.07) is 13.7. The minimum absolute atomic E-state index is 0. The molecule has 2 aromatic carbocycles. The zero-order valence-electron chi connectivity index (χ0n) is 13.4. The Hall–Kier alpha value is -1.30. The zero-order valence-corrected chi connectivity index (χ0v) is 14.2. The lowest BCUT2D eigenvalue weighted by molar-refractivity contribution is -0.138. The van der Waals surface area contributed by atoms with Crippen LogP contribution < -0.4 is 5.32 Å². The van der Waals surface area contributed by atoms with Crippen LogP contribution in [0, 0.1) is 0 Å². The summed E-state index contributed by atoms with van der Waals surface area (Å²) in [5.41, 5.74) is 1.01. The van der Waals surface area contributed by atoms with E-state index in [-0.39, 0.29) is 24.9 Å². The number of fused-ring (bicyclic) bond motifs is 1. The molecule has 0 amide bonds. The Bertz CT molecular complexity index is 649. The third kappa shape index (κ3) is 4.62. The van der Waals surface area contributed by atoms with Crippen LogP contribution in [0.3, 0.4) is 0 Å². The molecule has 0 saturated carbocycles. The molecule has 1 N–H and O–H groups in total. The zero-order chi connectivity index (χ0) is 16.3. The van der Waals surface area contributed by atoms with Crippen molar-refractivity contribution >= 4 is 23.2 Å². The second kappa shape index (κ2) is 8.19. The maximum Gasteiger partial charge on any atom is 0.389 e. The number of alkyl halides is 3. The second-order valence-electron chi connectivity index (χ2n) is 6.02. The van der Waals surface area contributed by atoms with E-state index in [2.05, 4.69) is 10.2 Å². The third-order valence-electron chi connectivity index (χ3n) is 4.48. The number of nitrogens with zero attached hydrogens (tertiary/aromatic N) is 1. The number of halogens is 4. The van der Waals surface area contributed by atoms with Crippen molar-refractivity contribution in [3.05, 3.63) is 48.0 Å². The first-order valence-corrected chi connectivity index (χ1v) is 8.04. The number of piperazine rings is 1. The van der Waals surface area contributed by atoms with E-state index in [9.17, 15) is 13.2 Å². The van der Waals surface area contributed by atoms with Gasteiger partial charge < -0.3 is 5.32 Å². The van der Waals surface area contributed by atoms with Crippen molar-refractivity contribution < 1.29 is 13.2 Å². The fourth-order valence-electron chi connectivity index (χ4n) is 3.37. The molecule has 0 unspecified atom stereocenters. The molecule has 0 aromatic heterocycles. The SMILES string of the molecule is Cl.FC(F)(F)CC[C@H](c1cccc2ccccc12)N1CCNCC1. The van der Waals surface area contributed by atoms with Gasteiger partial charge in [0, 0.05) is 38.6 Å². The number of nitrogens with one attached hydrogen (secondary N) is 1. The maximum atomic E-state index is 12.8. The molecule has 3 rings (SSSR count). The van der Waals surface area contributed by atoms with Crippen LogP contribution in [-0.2, 0) is 0 Å². The molecule has 1 fully saturated rings. The highest BCUT2D eigenvalue weighted by Gasteiger charge is 2.31. The minimum Gasteiger partial charge on any atom is -0.314 e. The van der Waals surface area contributed by atoms with Gasteiger partial charge in [-0.3, -0.25) is 4.90 Å². The number of benzene rings is 2. The molecule has 0 aliphatic carbocycles. The van der Waals surface area contributed by atoms with Gasteiger partial charge in [0.25, 0.3) is 0 Å². The van der Waals surface area contributed by atoms with E-state index in [1.807, 2.05) is 42.5 Å². The van der Waals surface area contributed by atoms with Crippen molar-refractivity contribution in [1.29, 1.82) is 0 Å². The summed E-state index contributed by atoms with van der Waals surface area (Å²) in [7, 11) is 0. The molecular weight excluding hydrogens is 337 g/mol. The predicted molar refractivity (Wildman–Crippen MR) is 93.7 cm³/mol. The fraction of sp³-hybridized carbons (Fsp3) is 0.444. The van der Waals surface area contributed by atoms with Crippen LogP contribution >= 0.6 is 12.4 Å². The lowest BCUT2D eigenvalue weighted by Crippen LogP contribution is -2.45. The highest BCUT2D eigenvalue weighted by atomic mass is 35.5. The first kappa shape index (κ1) is 19.0. The molecule has 1 atom stereocenters. The molecule has 132 valence electrons. The van der Waals surface area contributed by atoms with Crippen molar-refractivity contribution in [3.8, 4) is 0 Å². The van der Waals surface area contributed by atoms with Crippen molar-refractivity contribution in [1.82, 2.24) is 10.2 Å². The molecule has 1 aliphatic rings. The van der Waals surface area contributed by atoms with Crippen LogP contribution in [0.2, 0.25) is 0 Å². The van der Waals surface area contributed by atoms with Gasteiger partial charge in [0.1, 0.15) is 0 Å². The van der Waals surface area contributed by atoms with Crippen LogP contribution in [0.15, 0.2) is 42.5 Å². The minimum atomic E-state index is -4.11. The van der Waals surface area contributed by atoms with E-state index in [4.69, 9.17) is 0 Å². The van der Waals surface area contributed by atoms with Crippen LogP contribution in [-0.4, -0.2) is 37.3 Å². The number of hydrogen-bond acceptors (Lipinski definition) is 2.